The maximum Gasteiger partial charge on any atom is 0.182 e. The molecular weight excluding hydrogens is 238 g/mol. The summed E-state index contributed by atoms with van der Waals surface area (Å²) >= 11 is 0. The Kier molecular flexibility index (Phi) is 2.67. The average Bonchev–Trinajstić information content (AvgIpc) is 2.85. The number of hydrogen-bond donors (Lipinski definition) is 1. The van der Waals surface area contributed by atoms with Crippen LogP contribution in [0.5, 0.6) is 0 Å². The molecule has 3 heterocycles. The van der Waals surface area contributed by atoms with E-state index in [0.717, 1.165) is 29.0 Å². The third-order valence-electron chi connectivity index (χ3n) is 3.21. The van der Waals surface area contributed by atoms with Gasteiger partial charge < -0.3 is 10.1 Å². The van der Waals surface area contributed by atoms with Crippen LogP contribution in [0.15, 0.2) is 30.6 Å². The first kappa shape index (κ1) is 11.6. The van der Waals surface area contributed by atoms with E-state index in [1.54, 1.807) is 0 Å². The zero-order valence-electron chi connectivity index (χ0n) is 11.0. The van der Waals surface area contributed by atoms with E-state index in [-0.39, 0.29) is 0 Å². The highest BCUT2D eigenvalue weighted by atomic mass is 15.0. The normalized spacial score (nSPS) is 11.1. The molecular formula is C14H15N5. The van der Waals surface area contributed by atoms with Crippen molar-refractivity contribution in [3.8, 4) is 11.5 Å². The van der Waals surface area contributed by atoms with Crippen molar-refractivity contribution in [2.24, 2.45) is 0 Å². The SMILES string of the molecule is CCc1nc(-c2cn3ccccc3n2)nc(N)c1C. The minimum Gasteiger partial charge on any atom is -0.383 e. The number of pyridine rings is 1. The second-order valence-corrected chi connectivity index (χ2v) is 4.45. The maximum absolute atomic E-state index is 5.94. The average molecular weight is 253 g/mol. The number of nitrogens with zero attached hydrogens (tertiary/aromatic N) is 4. The summed E-state index contributed by atoms with van der Waals surface area (Å²) in [6, 6.07) is 5.86. The van der Waals surface area contributed by atoms with Gasteiger partial charge in [-0.3, -0.25) is 0 Å². The summed E-state index contributed by atoms with van der Waals surface area (Å²) in [5, 5.41) is 0. The minimum absolute atomic E-state index is 0.527. The van der Waals surface area contributed by atoms with Gasteiger partial charge in [-0.15, -0.1) is 0 Å². The molecule has 0 bridgehead atoms. The van der Waals surface area contributed by atoms with Crippen molar-refractivity contribution in [1.29, 1.82) is 0 Å². The lowest BCUT2D eigenvalue weighted by Gasteiger charge is -2.06. The van der Waals surface area contributed by atoms with Gasteiger partial charge in [-0.25, -0.2) is 15.0 Å². The van der Waals surface area contributed by atoms with Crippen LogP contribution in [0, 0.1) is 6.92 Å². The van der Waals surface area contributed by atoms with Crippen molar-refractivity contribution in [2.45, 2.75) is 20.3 Å². The Bertz CT molecular complexity index is 712. The molecule has 0 amide bonds. The number of hydrogen-bond acceptors (Lipinski definition) is 4. The molecule has 0 aliphatic carbocycles. The first-order valence-electron chi connectivity index (χ1n) is 6.26. The molecule has 0 spiro atoms. The Morgan fingerprint density at radius 2 is 2.05 bits per heavy atom. The fourth-order valence-corrected chi connectivity index (χ4v) is 2.08. The highest BCUT2D eigenvalue weighted by Crippen LogP contribution is 2.20. The van der Waals surface area contributed by atoms with Gasteiger partial charge in [-0.1, -0.05) is 13.0 Å². The fraction of sp³-hybridized carbons (Fsp3) is 0.214. The van der Waals surface area contributed by atoms with Crippen LogP contribution in [0.3, 0.4) is 0 Å². The summed E-state index contributed by atoms with van der Waals surface area (Å²) in [5.74, 6) is 1.11. The molecule has 3 rings (SSSR count). The molecule has 2 N–H and O–H groups in total. The van der Waals surface area contributed by atoms with Crippen LogP contribution in [-0.4, -0.2) is 19.4 Å². The largest absolute Gasteiger partial charge is 0.383 e. The summed E-state index contributed by atoms with van der Waals surface area (Å²) in [5.41, 5.74) is 9.49. The summed E-state index contributed by atoms with van der Waals surface area (Å²) in [4.78, 5) is 13.4. The van der Waals surface area contributed by atoms with Crippen LogP contribution < -0.4 is 5.73 Å². The molecule has 96 valence electrons. The molecule has 0 unspecified atom stereocenters. The number of aromatic nitrogens is 4. The number of rotatable bonds is 2. The zero-order chi connectivity index (χ0) is 13.4. The lowest BCUT2D eigenvalue weighted by atomic mass is 10.2. The number of nitrogens with two attached hydrogens (primary N) is 1. The van der Waals surface area contributed by atoms with Gasteiger partial charge in [0.2, 0.25) is 0 Å². The lowest BCUT2D eigenvalue weighted by Crippen LogP contribution is -2.04. The van der Waals surface area contributed by atoms with Crippen molar-refractivity contribution in [3.05, 3.63) is 41.9 Å². The van der Waals surface area contributed by atoms with E-state index in [1.165, 1.54) is 0 Å². The van der Waals surface area contributed by atoms with Crippen molar-refractivity contribution in [1.82, 2.24) is 19.4 Å². The van der Waals surface area contributed by atoms with E-state index in [2.05, 4.69) is 21.9 Å². The van der Waals surface area contributed by atoms with Crippen molar-refractivity contribution < 1.29 is 0 Å². The van der Waals surface area contributed by atoms with E-state index < -0.39 is 0 Å². The second kappa shape index (κ2) is 4.35. The molecule has 19 heavy (non-hydrogen) atoms. The highest BCUT2D eigenvalue weighted by molar-refractivity contribution is 5.58. The first-order valence-corrected chi connectivity index (χ1v) is 6.26. The van der Waals surface area contributed by atoms with Crippen LogP contribution >= 0.6 is 0 Å². The monoisotopic (exact) mass is 253 g/mol. The molecule has 5 heteroatoms. The topological polar surface area (TPSA) is 69.1 Å². The van der Waals surface area contributed by atoms with Crippen LogP contribution in [-0.2, 0) is 6.42 Å². The first-order chi connectivity index (χ1) is 9.19. The predicted molar refractivity (Wildman–Crippen MR) is 74.7 cm³/mol. The van der Waals surface area contributed by atoms with Gasteiger partial charge in [-0.2, -0.15) is 0 Å². The molecule has 0 aliphatic heterocycles. The smallest absolute Gasteiger partial charge is 0.182 e. The summed E-state index contributed by atoms with van der Waals surface area (Å²) in [6.45, 7) is 4.00. The van der Waals surface area contributed by atoms with Gasteiger partial charge >= 0.3 is 0 Å². The molecule has 3 aromatic rings. The van der Waals surface area contributed by atoms with E-state index >= 15 is 0 Å². The van der Waals surface area contributed by atoms with Crippen molar-refractivity contribution >= 4 is 11.5 Å². The van der Waals surface area contributed by atoms with Crippen LogP contribution in [0.1, 0.15) is 18.2 Å². The van der Waals surface area contributed by atoms with Gasteiger partial charge in [0.25, 0.3) is 0 Å². The Hall–Kier alpha value is -2.43. The van der Waals surface area contributed by atoms with Gasteiger partial charge in [0.1, 0.15) is 17.2 Å². The molecule has 0 fully saturated rings. The van der Waals surface area contributed by atoms with Gasteiger partial charge in [0, 0.05) is 23.7 Å². The Balaban J connectivity index is 2.18. The van der Waals surface area contributed by atoms with Crippen molar-refractivity contribution in [3.63, 3.8) is 0 Å². The molecule has 0 saturated carbocycles. The number of nitrogen functional groups attached to an aromatic ring is 1. The van der Waals surface area contributed by atoms with Crippen molar-refractivity contribution in [2.75, 3.05) is 5.73 Å². The van der Waals surface area contributed by atoms with E-state index in [9.17, 15) is 0 Å². The summed E-state index contributed by atoms with van der Waals surface area (Å²) < 4.78 is 1.94. The van der Waals surface area contributed by atoms with Crippen LogP contribution in [0.25, 0.3) is 17.2 Å². The molecule has 3 aromatic heterocycles. The molecule has 0 atom stereocenters. The Morgan fingerprint density at radius 3 is 2.79 bits per heavy atom. The number of aryl methyl sites for hydroxylation is 1. The molecule has 5 nitrogen and oxygen atoms in total. The number of imidazole rings is 1. The van der Waals surface area contributed by atoms with E-state index in [0.29, 0.717) is 11.6 Å². The van der Waals surface area contributed by atoms with Gasteiger partial charge in [0.15, 0.2) is 5.82 Å². The quantitative estimate of drug-likeness (QED) is 0.760. The Morgan fingerprint density at radius 1 is 1.21 bits per heavy atom. The van der Waals surface area contributed by atoms with Gasteiger partial charge in [-0.05, 0) is 25.5 Å². The predicted octanol–water partition coefficient (Wildman–Crippen LogP) is 2.24. The fourth-order valence-electron chi connectivity index (χ4n) is 2.08. The molecule has 0 aliphatic rings. The lowest BCUT2D eigenvalue weighted by molar-refractivity contribution is 0.978. The minimum atomic E-state index is 0.527. The van der Waals surface area contributed by atoms with Gasteiger partial charge in [0.05, 0.1) is 0 Å². The van der Waals surface area contributed by atoms with Crippen LogP contribution in [0.4, 0.5) is 5.82 Å². The molecule has 0 aromatic carbocycles. The second-order valence-electron chi connectivity index (χ2n) is 4.45. The third-order valence-corrected chi connectivity index (χ3v) is 3.21. The van der Waals surface area contributed by atoms with E-state index in [1.807, 2.05) is 41.9 Å². The zero-order valence-corrected chi connectivity index (χ0v) is 11.0. The van der Waals surface area contributed by atoms with E-state index in [4.69, 9.17) is 5.73 Å². The standard InChI is InChI=1S/C14H15N5/c1-3-10-9(2)13(15)18-14(17-10)11-8-19-7-5-4-6-12(19)16-11/h4-8H,3H2,1-2H3,(H2,15,17,18). The maximum atomic E-state index is 5.94. The molecule has 0 radical (unpaired) electrons. The summed E-state index contributed by atoms with van der Waals surface area (Å²) in [7, 11) is 0. The number of fused-ring (bicyclic) bond motifs is 1. The summed E-state index contributed by atoms with van der Waals surface area (Å²) in [6.07, 6.45) is 4.70. The molecule has 0 saturated heterocycles. The Labute approximate surface area is 111 Å². The third kappa shape index (κ3) is 1.93. The van der Waals surface area contributed by atoms with Crippen LogP contribution in [0.2, 0.25) is 0 Å². The highest BCUT2D eigenvalue weighted by Gasteiger charge is 2.11. The number of anilines is 1.